The largest absolute Gasteiger partial charge is 0.473 e. The Hall–Kier alpha value is -1.85. The van der Waals surface area contributed by atoms with Gasteiger partial charge < -0.3 is 14.9 Å². The smallest absolute Gasteiger partial charge is 0.414 e. The molecule has 0 atom stereocenters. The minimum Gasteiger partial charge on any atom is -0.473 e. The molecule has 0 aromatic heterocycles. The summed E-state index contributed by atoms with van der Waals surface area (Å²) in [6.07, 6.45) is 1.10. The highest BCUT2D eigenvalue weighted by Crippen LogP contribution is 1.70. The average molecular weight is 176 g/mol. The number of carboxylic acid groups (broad SMARTS) is 2. The van der Waals surface area contributed by atoms with Crippen LogP contribution >= 0.6 is 0 Å². The Morgan fingerprint density at radius 2 is 1.58 bits per heavy atom. The third kappa shape index (κ3) is 15.7. The number of aliphatic carboxylic acids is 2. The summed E-state index contributed by atoms with van der Waals surface area (Å²) >= 11 is 0. The number of carbonyl (C=O) groups is 3. The average Bonchev–Trinajstić information content (AvgIpc) is 1.87. The van der Waals surface area contributed by atoms with Gasteiger partial charge in [0.15, 0.2) is 0 Å². The minimum absolute atomic E-state index is 0.329. The Bertz CT molecular complexity index is 182. The second-order valence-electron chi connectivity index (χ2n) is 1.39. The number of ether oxygens (including phenoxy) is 1. The number of carboxylic acids is 2. The van der Waals surface area contributed by atoms with Gasteiger partial charge in [-0.05, 0) is 0 Å². The maximum absolute atomic E-state index is 9.75. The highest BCUT2D eigenvalue weighted by atomic mass is 16.5. The molecule has 68 valence electrons. The second kappa shape index (κ2) is 7.26. The van der Waals surface area contributed by atoms with Crippen LogP contribution in [0.4, 0.5) is 0 Å². The molecule has 0 saturated heterocycles. The molecule has 6 heteroatoms. The SMILES string of the molecule is C=COC(C)=O.O=C(O)C(=O)O. The van der Waals surface area contributed by atoms with Crippen LogP contribution in [0.2, 0.25) is 0 Å². The summed E-state index contributed by atoms with van der Waals surface area (Å²) < 4.78 is 4.17. The van der Waals surface area contributed by atoms with Crippen LogP contribution < -0.4 is 0 Å². The maximum atomic E-state index is 9.75. The topological polar surface area (TPSA) is 101 Å². The Morgan fingerprint density at radius 3 is 1.58 bits per heavy atom. The van der Waals surface area contributed by atoms with Crippen LogP contribution in [0.5, 0.6) is 0 Å². The van der Waals surface area contributed by atoms with Crippen molar-refractivity contribution >= 4 is 17.9 Å². The van der Waals surface area contributed by atoms with Gasteiger partial charge in [0.25, 0.3) is 0 Å². The Labute approximate surface area is 68.1 Å². The van der Waals surface area contributed by atoms with Gasteiger partial charge in [-0.25, -0.2) is 9.59 Å². The summed E-state index contributed by atoms with van der Waals surface area (Å²) in [5, 5.41) is 14.8. The Balaban J connectivity index is 0. The lowest BCUT2D eigenvalue weighted by Crippen LogP contribution is -2.09. The summed E-state index contributed by atoms with van der Waals surface area (Å²) in [4.78, 5) is 27.9. The molecule has 12 heavy (non-hydrogen) atoms. The van der Waals surface area contributed by atoms with E-state index >= 15 is 0 Å². The standard InChI is InChI=1S/C4H6O2.C2H2O4/c1-3-6-4(2)5;3-1(4)2(5)6/h3H,1H2,2H3;(H,3,4)(H,5,6). The van der Waals surface area contributed by atoms with Crippen molar-refractivity contribution in [2.75, 3.05) is 0 Å². The predicted molar refractivity (Wildman–Crippen MR) is 37.2 cm³/mol. The van der Waals surface area contributed by atoms with E-state index in [1.165, 1.54) is 6.92 Å². The van der Waals surface area contributed by atoms with E-state index in [1.807, 2.05) is 0 Å². The first kappa shape index (κ1) is 12.8. The fourth-order valence-corrected chi connectivity index (χ4v) is 0.117. The zero-order chi connectivity index (χ0) is 10.1. The van der Waals surface area contributed by atoms with Crippen LogP contribution in [-0.4, -0.2) is 28.1 Å². The summed E-state index contributed by atoms with van der Waals surface area (Å²) in [7, 11) is 0. The van der Waals surface area contributed by atoms with E-state index in [1.54, 1.807) is 0 Å². The Kier molecular flexibility index (Phi) is 7.74. The summed E-state index contributed by atoms with van der Waals surface area (Å²) in [5.41, 5.74) is 0. The van der Waals surface area contributed by atoms with Crippen LogP contribution in [0.1, 0.15) is 6.92 Å². The lowest BCUT2D eigenvalue weighted by atomic mass is 10.7. The molecule has 0 saturated carbocycles. The molecule has 2 N–H and O–H groups in total. The molecular formula is C6H8O6. The number of carbonyl (C=O) groups excluding carboxylic acids is 1. The molecule has 0 fully saturated rings. The van der Waals surface area contributed by atoms with E-state index in [4.69, 9.17) is 19.8 Å². The van der Waals surface area contributed by atoms with Crippen molar-refractivity contribution in [1.29, 1.82) is 0 Å². The lowest BCUT2D eigenvalue weighted by molar-refractivity contribution is -0.159. The Morgan fingerprint density at radius 1 is 1.25 bits per heavy atom. The van der Waals surface area contributed by atoms with Crippen LogP contribution in [0, 0.1) is 0 Å². The molecule has 0 amide bonds. The predicted octanol–water partition coefficient (Wildman–Crippen LogP) is -0.151. The highest BCUT2D eigenvalue weighted by Gasteiger charge is 2.04. The van der Waals surface area contributed by atoms with Gasteiger partial charge in [-0.3, -0.25) is 4.79 Å². The third-order valence-electron chi connectivity index (χ3n) is 0.432. The fourth-order valence-electron chi connectivity index (χ4n) is 0.117. The van der Waals surface area contributed by atoms with E-state index in [9.17, 15) is 4.79 Å². The van der Waals surface area contributed by atoms with Gasteiger partial charge in [-0.15, -0.1) is 0 Å². The molecule has 0 radical (unpaired) electrons. The summed E-state index contributed by atoms with van der Waals surface area (Å²) in [5.74, 6) is -3.98. The molecule has 0 bridgehead atoms. The third-order valence-corrected chi connectivity index (χ3v) is 0.432. The van der Waals surface area contributed by atoms with Crippen molar-refractivity contribution in [1.82, 2.24) is 0 Å². The number of hydrogen-bond acceptors (Lipinski definition) is 4. The van der Waals surface area contributed by atoms with Crippen molar-refractivity contribution in [2.45, 2.75) is 6.92 Å². The van der Waals surface area contributed by atoms with E-state index in [-0.39, 0.29) is 5.97 Å². The first-order chi connectivity index (χ1) is 5.41. The zero-order valence-electron chi connectivity index (χ0n) is 6.31. The molecule has 0 rings (SSSR count). The van der Waals surface area contributed by atoms with E-state index in [0.717, 1.165) is 6.26 Å². The minimum atomic E-state index is -1.82. The zero-order valence-corrected chi connectivity index (χ0v) is 6.31. The van der Waals surface area contributed by atoms with Gasteiger partial charge in [0.05, 0.1) is 6.26 Å². The number of hydrogen-bond donors (Lipinski definition) is 2. The van der Waals surface area contributed by atoms with Gasteiger partial charge in [0, 0.05) is 6.92 Å². The number of esters is 1. The van der Waals surface area contributed by atoms with Crippen molar-refractivity contribution < 1.29 is 29.3 Å². The van der Waals surface area contributed by atoms with Gasteiger partial charge >= 0.3 is 17.9 Å². The van der Waals surface area contributed by atoms with Crippen LogP contribution in [0.3, 0.4) is 0 Å². The molecule has 0 spiro atoms. The van der Waals surface area contributed by atoms with Gasteiger partial charge in [0.2, 0.25) is 0 Å². The molecule has 0 aliphatic rings. The van der Waals surface area contributed by atoms with Crippen LogP contribution in [-0.2, 0) is 19.1 Å². The number of rotatable bonds is 1. The monoisotopic (exact) mass is 176 g/mol. The molecule has 0 aliphatic carbocycles. The fraction of sp³-hybridized carbons (Fsp3) is 0.167. The summed E-state index contributed by atoms with van der Waals surface area (Å²) in [6.45, 7) is 4.48. The van der Waals surface area contributed by atoms with Crippen LogP contribution in [0.25, 0.3) is 0 Å². The second-order valence-corrected chi connectivity index (χ2v) is 1.39. The van der Waals surface area contributed by atoms with Crippen molar-refractivity contribution in [3.8, 4) is 0 Å². The lowest BCUT2D eigenvalue weighted by Gasteiger charge is -1.83. The van der Waals surface area contributed by atoms with E-state index in [0.29, 0.717) is 0 Å². The van der Waals surface area contributed by atoms with Crippen LogP contribution in [0.15, 0.2) is 12.8 Å². The van der Waals surface area contributed by atoms with Gasteiger partial charge in [-0.1, -0.05) is 6.58 Å². The van der Waals surface area contributed by atoms with E-state index in [2.05, 4.69) is 11.3 Å². The highest BCUT2D eigenvalue weighted by molar-refractivity contribution is 6.27. The molecule has 0 aliphatic heterocycles. The molecule has 0 unspecified atom stereocenters. The van der Waals surface area contributed by atoms with Gasteiger partial charge in [-0.2, -0.15) is 0 Å². The van der Waals surface area contributed by atoms with Crippen molar-refractivity contribution in [3.63, 3.8) is 0 Å². The van der Waals surface area contributed by atoms with Crippen molar-refractivity contribution in [3.05, 3.63) is 12.8 Å². The molecule has 6 nitrogen and oxygen atoms in total. The summed E-state index contributed by atoms with van der Waals surface area (Å²) in [6, 6.07) is 0. The maximum Gasteiger partial charge on any atom is 0.414 e. The molecule has 0 aromatic rings. The quantitative estimate of drug-likeness (QED) is 0.327. The van der Waals surface area contributed by atoms with E-state index < -0.39 is 11.9 Å². The van der Waals surface area contributed by atoms with Crippen molar-refractivity contribution in [2.24, 2.45) is 0 Å². The molecule has 0 aromatic carbocycles. The first-order valence-corrected chi connectivity index (χ1v) is 2.66. The molecule has 0 heterocycles. The normalized spacial score (nSPS) is 7.08. The molecular weight excluding hydrogens is 168 g/mol. The first-order valence-electron chi connectivity index (χ1n) is 2.66. The van der Waals surface area contributed by atoms with Gasteiger partial charge in [0.1, 0.15) is 0 Å².